The third kappa shape index (κ3) is 4.29. The molecule has 0 radical (unpaired) electrons. The quantitative estimate of drug-likeness (QED) is 0.350. The predicted octanol–water partition coefficient (Wildman–Crippen LogP) is 2.61. The summed E-state index contributed by atoms with van der Waals surface area (Å²) in [4.78, 5) is 48.0. The lowest BCUT2D eigenvalue weighted by atomic mass is 10.1. The molecule has 0 aliphatic carbocycles. The molecule has 8 nitrogen and oxygen atoms in total. The Morgan fingerprint density at radius 1 is 1.09 bits per heavy atom. The number of amides is 1. The molecule has 1 aliphatic rings. The van der Waals surface area contributed by atoms with Gasteiger partial charge in [0.05, 0.1) is 17.9 Å². The number of benzene rings is 2. The molecule has 0 saturated carbocycles. The van der Waals surface area contributed by atoms with Gasteiger partial charge in [0.15, 0.2) is 0 Å². The monoisotopic (exact) mass is 432 g/mol. The number of esters is 2. The van der Waals surface area contributed by atoms with E-state index in [0.717, 1.165) is 17.2 Å². The topological polar surface area (TPSA) is 104 Å². The van der Waals surface area contributed by atoms with Gasteiger partial charge in [-0.25, -0.2) is 9.59 Å². The molecule has 1 amide bonds. The number of hydrogen-bond acceptors (Lipinski definition) is 6. The van der Waals surface area contributed by atoms with Crippen molar-refractivity contribution >= 4 is 34.5 Å². The Balaban J connectivity index is 1.53. The molecule has 0 atom stereocenters. The van der Waals surface area contributed by atoms with Crippen molar-refractivity contribution in [2.45, 2.75) is 13.5 Å². The zero-order valence-electron chi connectivity index (χ0n) is 17.3. The first-order valence-electron chi connectivity index (χ1n) is 10.0. The summed E-state index contributed by atoms with van der Waals surface area (Å²) in [6.07, 6.45) is 2.99. The van der Waals surface area contributed by atoms with Gasteiger partial charge in [-0.15, -0.1) is 0 Å². The van der Waals surface area contributed by atoms with Crippen LogP contribution in [-0.2, 0) is 25.6 Å². The van der Waals surface area contributed by atoms with Gasteiger partial charge in [-0.1, -0.05) is 24.3 Å². The highest BCUT2D eigenvalue weighted by molar-refractivity contribution is 6.45. The lowest BCUT2D eigenvalue weighted by molar-refractivity contribution is -0.135. The molecule has 3 aromatic rings. The second-order valence-electron chi connectivity index (χ2n) is 7.16. The van der Waals surface area contributed by atoms with Crippen molar-refractivity contribution in [1.29, 1.82) is 0 Å². The van der Waals surface area contributed by atoms with Crippen LogP contribution in [0.3, 0.4) is 0 Å². The van der Waals surface area contributed by atoms with Gasteiger partial charge in [-0.2, -0.15) is 0 Å². The Kier molecular flexibility index (Phi) is 5.85. The predicted molar refractivity (Wildman–Crippen MR) is 115 cm³/mol. The summed E-state index contributed by atoms with van der Waals surface area (Å²) < 4.78 is 11.7. The minimum atomic E-state index is -0.829. The van der Waals surface area contributed by atoms with E-state index in [1.54, 1.807) is 37.3 Å². The van der Waals surface area contributed by atoms with Crippen LogP contribution in [0.25, 0.3) is 10.9 Å². The van der Waals surface area contributed by atoms with E-state index in [0.29, 0.717) is 24.1 Å². The molecule has 0 unspecified atom stereocenters. The Labute approximate surface area is 183 Å². The highest BCUT2D eigenvalue weighted by Gasteiger charge is 2.23. The third-order valence-electron chi connectivity index (χ3n) is 5.02. The molecule has 1 aromatic heterocycles. The molecule has 2 aromatic carbocycles. The van der Waals surface area contributed by atoms with Gasteiger partial charge in [-0.05, 0) is 36.8 Å². The summed E-state index contributed by atoms with van der Waals surface area (Å²) in [7, 11) is 0. The first kappa shape index (κ1) is 21.0. The summed E-state index contributed by atoms with van der Waals surface area (Å²) in [5, 5.41) is 3.07. The minimum absolute atomic E-state index is 0.0621. The number of Topliss-reactive ketones (excluding diaryl/α,β-unsaturated/α-hetero) is 1. The van der Waals surface area contributed by atoms with Crippen molar-refractivity contribution in [3.63, 3.8) is 0 Å². The van der Waals surface area contributed by atoms with Gasteiger partial charge in [0.25, 0.3) is 11.7 Å². The van der Waals surface area contributed by atoms with Crippen molar-refractivity contribution < 1.29 is 28.7 Å². The van der Waals surface area contributed by atoms with E-state index >= 15 is 0 Å². The molecule has 0 fully saturated rings. The van der Waals surface area contributed by atoms with E-state index in [1.165, 1.54) is 0 Å². The zero-order chi connectivity index (χ0) is 22.7. The summed E-state index contributed by atoms with van der Waals surface area (Å²) >= 11 is 0. The summed E-state index contributed by atoms with van der Waals surface area (Å²) in [5.41, 5.74) is 2.75. The van der Waals surface area contributed by atoms with Crippen LogP contribution in [0.5, 0.6) is 0 Å². The highest BCUT2D eigenvalue weighted by Crippen LogP contribution is 2.22. The smallest absolute Gasteiger partial charge is 0.338 e. The van der Waals surface area contributed by atoms with E-state index in [-0.39, 0.29) is 23.8 Å². The number of fused-ring (bicyclic) bond motifs is 1. The van der Waals surface area contributed by atoms with Crippen LogP contribution in [0.2, 0.25) is 0 Å². The molecule has 0 bridgehead atoms. The maximum atomic E-state index is 12.7. The second kappa shape index (κ2) is 8.89. The number of ketones is 1. The molecular weight excluding hydrogens is 412 g/mol. The lowest BCUT2D eigenvalue weighted by Crippen LogP contribution is -2.31. The van der Waals surface area contributed by atoms with Crippen LogP contribution in [0.15, 0.2) is 66.5 Å². The maximum Gasteiger partial charge on any atom is 0.338 e. The number of carbonyl (C=O) groups is 4. The van der Waals surface area contributed by atoms with Gasteiger partial charge in [-0.3, -0.25) is 9.59 Å². The Morgan fingerprint density at radius 2 is 1.88 bits per heavy atom. The van der Waals surface area contributed by atoms with Crippen LogP contribution in [0.1, 0.15) is 33.2 Å². The summed E-state index contributed by atoms with van der Waals surface area (Å²) in [5.74, 6) is -2.45. The number of ether oxygens (including phenoxy) is 2. The van der Waals surface area contributed by atoms with E-state index in [2.05, 4.69) is 5.32 Å². The Morgan fingerprint density at radius 3 is 2.56 bits per heavy atom. The standard InChI is InChI=1S/C24H20N2O6/c1-2-31-24(30)16-8-6-15(7-9-16)13-26-11-10-18-19(4-3-5-20(18)26)22(28)23(29)25-17-12-21(27)32-14-17/h3-12H,2,13-14H2,1H3,(H,25,29). The molecule has 32 heavy (non-hydrogen) atoms. The first-order valence-corrected chi connectivity index (χ1v) is 10.0. The number of rotatable bonds is 7. The van der Waals surface area contributed by atoms with Crippen molar-refractivity contribution in [3.8, 4) is 0 Å². The van der Waals surface area contributed by atoms with Crippen LogP contribution >= 0.6 is 0 Å². The van der Waals surface area contributed by atoms with Crippen LogP contribution in [0.4, 0.5) is 0 Å². The largest absolute Gasteiger partial charge is 0.462 e. The SMILES string of the molecule is CCOC(=O)c1ccc(Cn2ccc3c(C(=O)C(=O)NC4=CC(=O)OC4)cccc32)cc1. The van der Waals surface area contributed by atoms with Crippen LogP contribution in [-0.4, -0.2) is 41.4 Å². The summed E-state index contributed by atoms with van der Waals surface area (Å²) in [6.45, 7) is 2.53. The normalized spacial score (nSPS) is 12.9. The van der Waals surface area contributed by atoms with Crippen molar-refractivity contribution in [1.82, 2.24) is 9.88 Å². The minimum Gasteiger partial charge on any atom is -0.462 e. The molecular formula is C24H20N2O6. The molecule has 8 heteroatoms. The number of aromatic nitrogens is 1. The van der Waals surface area contributed by atoms with Crippen molar-refractivity contribution in [3.05, 3.63) is 83.2 Å². The van der Waals surface area contributed by atoms with Gasteiger partial charge >= 0.3 is 11.9 Å². The second-order valence-corrected chi connectivity index (χ2v) is 7.16. The highest BCUT2D eigenvalue weighted by atomic mass is 16.5. The van der Waals surface area contributed by atoms with Gasteiger partial charge in [0.1, 0.15) is 6.61 Å². The van der Waals surface area contributed by atoms with Crippen LogP contribution < -0.4 is 5.32 Å². The van der Waals surface area contributed by atoms with Gasteiger partial charge < -0.3 is 19.4 Å². The van der Waals surface area contributed by atoms with Gasteiger partial charge in [0, 0.05) is 35.3 Å². The molecule has 2 heterocycles. The maximum absolute atomic E-state index is 12.7. The molecule has 162 valence electrons. The molecule has 0 spiro atoms. The van der Waals surface area contributed by atoms with Gasteiger partial charge in [0.2, 0.25) is 0 Å². The molecule has 4 rings (SSSR count). The fraction of sp³-hybridized carbons (Fsp3) is 0.167. The lowest BCUT2D eigenvalue weighted by Gasteiger charge is -2.09. The van der Waals surface area contributed by atoms with E-state index in [1.807, 2.05) is 29.0 Å². The third-order valence-corrected chi connectivity index (χ3v) is 5.02. The molecule has 1 N–H and O–H groups in total. The Hall–Kier alpha value is -4.20. The molecule has 1 aliphatic heterocycles. The zero-order valence-corrected chi connectivity index (χ0v) is 17.3. The fourth-order valence-electron chi connectivity index (χ4n) is 3.49. The average Bonchev–Trinajstić information content (AvgIpc) is 3.39. The van der Waals surface area contributed by atoms with E-state index < -0.39 is 17.7 Å². The number of carbonyl (C=O) groups excluding carboxylic acids is 4. The number of nitrogens with zero attached hydrogens (tertiary/aromatic N) is 1. The first-order chi connectivity index (χ1) is 15.5. The van der Waals surface area contributed by atoms with Crippen molar-refractivity contribution in [2.75, 3.05) is 13.2 Å². The average molecular weight is 432 g/mol. The van der Waals surface area contributed by atoms with E-state index in [4.69, 9.17) is 9.47 Å². The fourth-order valence-corrected chi connectivity index (χ4v) is 3.49. The number of hydrogen-bond donors (Lipinski definition) is 1. The Bertz CT molecular complexity index is 1250. The van der Waals surface area contributed by atoms with Crippen LogP contribution in [0, 0.1) is 0 Å². The number of cyclic esters (lactones) is 1. The van der Waals surface area contributed by atoms with Crippen molar-refractivity contribution in [2.24, 2.45) is 0 Å². The van der Waals surface area contributed by atoms with E-state index in [9.17, 15) is 19.2 Å². The summed E-state index contributed by atoms with van der Waals surface area (Å²) in [6, 6.07) is 14.1. The number of nitrogens with one attached hydrogen (secondary N) is 1. The molecule has 0 saturated heterocycles.